The van der Waals surface area contributed by atoms with Crippen molar-refractivity contribution in [2.75, 3.05) is 32.9 Å². The molecule has 0 saturated carbocycles. The Balaban J connectivity index is 1.73. The number of hydrogen-bond acceptors (Lipinski definition) is 3. The van der Waals surface area contributed by atoms with E-state index in [9.17, 15) is 12.8 Å². The van der Waals surface area contributed by atoms with Gasteiger partial charge in [-0.05, 0) is 36.5 Å². The number of piperidine rings is 1. The van der Waals surface area contributed by atoms with Gasteiger partial charge in [-0.2, -0.15) is 0 Å². The maximum absolute atomic E-state index is 12.9. The molecule has 1 saturated heterocycles. The van der Waals surface area contributed by atoms with Crippen LogP contribution >= 0.6 is 0 Å². The summed E-state index contributed by atoms with van der Waals surface area (Å²) in [5.41, 5.74) is 0.973. The molecule has 0 bridgehead atoms. The van der Waals surface area contributed by atoms with E-state index in [0.29, 0.717) is 31.5 Å². The predicted octanol–water partition coefficient (Wildman–Crippen LogP) is 1.16. The lowest BCUT2D eigenvalue weighted by atomic mass is 9.98. The van der Waals surface area contributed by atoms with Crippen LogP contribution in [0.5, 0.6) is 0 Å². The van der Waals surface area contributed by atoms with Gasteiger partial charge in [0.15, 0.2) is 5.96 Å². The second-order valence-corrected chi connectivity index (χ2v) is 8.02. The summed E-state index contributed by atoms with van der Waals surface area (Å²) in [5.74, 6) is 0.860. The van der Waals surface area contributed by atoms with Gasteiger partial charge in [0.25, 0.3) is 0 Å². The highest BCUT2D eigenvalue weighted by Gasteiger charge is 2.24. The van der Waals surface area contributed by atoms with E-state index in [4.69, 9.17) is 0 Å². The molecule has 0 atom stereocenters. The zero-order chi connectivity index (χ0) is 17.6. The Morgan fingerprint density at radius 1 is 1.25 bits per heavy atom. The maximum Gasteiger partial charge on any atom is 0.211 e. The number of halogens is 1. The highest BCUT2D eigenvalue weighted by atomic mass is 32.2. The number of nitrogens with one attached hydrogen (secondary N) is 2. The van der Waals surface area contributed by atoms with Gasteiger partial charge in [-0.3, -0.25) is 4.99 Å². The van der Waals surface area contributed by atoms with Crippen LogP contribution in [-0.2, 0) is 16.6 Å². The molecule has 2 rings (SSSR count). The first-order chi connectivity index (χ1) is 11.4. The van der Waals surface area contributed by atoms with Crippen LogP contribution in [0, 0.1) is 11.7 Å². The van der Waals surface area contributed by atoms with Gasteiger partial charge in [0.05, 0.1) is 6.26 Å². The number of aliphatic imine (C=N–C) groups is 1. The second kappa shape index (κ2) is 8.43. The maximum atomic E-state index is 12.9. The van der Waals surface area contributed by atoms with Crippen LogP contribution in [0.1, 0.15) is 18.4 Å². The number of hydrogen-bond donors (Lipinski definition) is 2. The van der Waals surface area contributed by atoms with E-state index >= 15 is 0 Å². The average molecular weight is 356 g/mol. The fraction of sp³-hybridized carbons (Fsp3) is 0.562. The largest absolute Gasteiger partial charge is 0.356 e. The summed E-state index contributed by atoms with van der Waals surface area (Å²) in [5, 5.41) is 6.46. The molecule has 24 heavy (non-hydrogen) atoms. The van der Waals surface area contributed by atoms with Crippen molar-refractivity contribution in [3.63, 3.8) is 0 Å². The highest BCUT2D eigenvalue weighted by Crippen LogP contribution is 2.18. The van der Waals surface area contributed by atoms with Crippen LogP contribution in [0.15, 0.2) is 29.3 Å². The minimum Gasteiger partial charge on any atom is -0.356 e. The lowest BCUT2D eigenvalue weighted by Gasteiger charge is -2.30. The molecule has 1 aromatic rings. The molecule has 2 N–H and O–H groups in total. The SMILES string of the molecule is CN=C(NCc1ccc(F)cc1)NCC1CCN(S(C)(=O)=O)CC1. The van der Waals surface area contributed by atoms with Gasteiger partial charge in [-0.1, -0.05) is 12.1 Å². The van der Waals surface area contributed by atoms with Crippen molar-refractivity contribution >= 4 is 16.0 Å². The van der Waals surface area contributed by atoms with Gasteiger partial charge < -0.3 is 10.6 Å². The van der Waals surface area contributed by atoms with Crippen LogP contribution in [-0.4, -0.2) is 51.6 Å². The first-order valence-corrected chi connectivity index (χ1v) is 9.87. The summed E-state index contributed by atoms with van der Waals surface area (Å²) in [6.07, 6.45) is 2.94. The average Bonchev–Trinajstić information content (AvgIpc) is 2.56. The zero-order valence-electron chi connectivity index (χ0n) is 14.1. The quantitative estimate of drug-likeness (QED) is 0.613. The summed E-state index contributed by atoms with van der Waals surface area (Å²) < 4.78 is 37.4. The predicted molar refractivity (Wildman–Crippen MR) is 93.7 cm³/mol. The van der Waals surface area contributed by atoms with Crippen molar-refractivity contribution in [3.8, 4) is 0 Å². The monoisotopic (exact) mass is 356 g/mol. The molecular formula is C16H25FN4O2S. The van der Waals surface area contributed by atoms with Gasteiger partial charge in [0, 0.05) is 33.2 Å². The molecular weight excluding hydrogens is 331 g/mol. The standard InChI is InChI=1S/C16H25FN4O2S/c1-18-16(19-11-13-3-5-15(17)6-4-13)20-12-14-7-9-21(10-8-14)24(2,22)23/h3-6,14H,7-12H2,1-2H3,(H2,18,19,20). The minimum atomic E-state index is -3.08. The van der Waals surface area contributed by atoms with Gasteiger partial charge in [-0.15, -0.1) is 0 Å². The molecule has 1 fully saturated rings. The lowest BCUT2D eigenvalue weighted by Crippen LogP contribution is -2.43. The topological polar surface area (TPSA) is 73.8 Å². The number of rotatable bonds is 5. The van der Waals surface area contributed by atoms with Gasteiger partial charge in [0.1, 0.15) is 5.82 Å². The Morgan fingerprint density at radius 2 is 1.88 bits per heavy atom. The van der Waals surface area contributed by atoms with E-state index in [1.165, 1.54) is 22.7 Å². The molecule has 0 aromatic heterocycles. The van der Waals surface area contributed by atoms with E-state index in [-0.39, 0.29) is 5.82 Å². The summed E-state index contributed by atoms with van der Waals surface area (Å²) in [4.78, 5) is 4.17. The van der Waals surface area contributed by atoms with Crippen LogP contribution in [0.3, 0.4) is 0 Å². The third kappa shape index (κ3) is 5.76. The first-order valence-electron chi connectivity index (χ1n) is 8.02. The van der Waals surface area contributed by atoms with Gasteiger partial charge >= 0.3 is 0 Å². The van der Waals surface area contributed by atoms with Gasteiger partial charge in [-0.25, -0.2) is 17.1 Å². The molecule has 1 heterocycles. The fourth-order valence-corrected chi connectivity index (χ4v) is 3.57. The molecule has 134 valence electrons. The molecule has 0 amide bonds. The van der Waals surface area contributed by atoms with Crippen LogP contribution in [0.25, 0.3) is 0 Å². The van der Waals surface area contributed by atoms with Crippen molar-refractivity contribution < 1.29 is 12.8 Å². The summed E-state index contributed by atoms with van der Waals surface area (Å²) in [7, 11) is -1.38. The van der Waals surface area contributed by atoms with E-state index in [1.807, 2.05) is 0 Å². The zero-order valence-corrected chi connectivity index (χ0v) is 14.9. The number of benzene rings is 1. The third-order valence-corrected chi connectivity index (χ3v) is 5.50. The van der Waals surface area contributed by atoms with Gasteiger partial charge in [0.2, 0.25) is 10.0 Å². The van der Waals surface area contributed by atoms with E-state index in [2.05, 4.69) is 15.6 Å². The molecule has 1 aliphatic heterocycles. The second-order valence-electron chi connectivity index (χ2n) is 6.04. The molecule has 0 spiro atoms. The third-order valence-electron chi connectivity index (χ3n) is 4.20. The Hall–Kier alpha value is -1.67. The molecule has 8 heteroatoms. The summed E-state index contributed by atoms with van der Waals surface area (Å²) >= 11 is 0. The normalized spacial score (nSPS) is 17.7. The van der Waals surface area contributed by atoms with Crippen molar-refractivity contribution in [3.05, 3.63) is 35.6 Å². The molecule has 0 radical (unpaired) electrons. The van der Waals surface area contributed by atoms with E-state index < -0.39 is 10.0 Å². The highest BCUT2D eigenvalue weighted by molar-refractivity contribution is 7.88. The van der Waals surface area contributed by atoms with Crippen molar-refractivity contribution in [2.24, 2.45) is 10.9 Å². The van der Waals surface area contributed by atoms with E-state index in [1.54, 1.807) is 19.2 Å². The Labute approximate surface area is 143 Å². The molecule has 6 nitrogen and oxygen atoms in total. The Morgan fingerprint density at radius 3 is 2.42 bits per heavy atom. The molecule has 0 unspecified atom stereocenters. The fourth-order valence-electron chi connectivity index (χ4n) is 2.69. The number of guanidine groups is 1. The Kier molecular flexibility index (Phi) is 6.56. The van der Waals surface area contributed by atoms with Crippen molar-refractivity contribution in [1.29, 1.82) is 0 Å². The Bertz CT molecular complexity index is 653. The van der Waals surface area contributed by atoms with E-state index in [0.717, 1.165) is 24.9 Å². The smallest absolute Gasteiger partial charge is 0.211 e. The molecule has 1 aliphatic rings. The lowest BCUT2D eigenvalue weighted by molar-refractivity contribution is 0.275. The number of nitrogens with zero attached hydrogens (tertiary/aromatic N) is 2. The van der Waals surface area contributed by atoms with Crippen LogP contribution in [0.2, 0.25) is 0 Å². The van der Waals surface area contributed by atoms with Crippen LogP contribution < -0.4 is 10.6 Å². The van der Waals surface area contributed by atoms with Crippen molar-refractivity contribution in [1.82, 2.24) is 14.9 Å². The van der Waals surface area contributed by atoms with Crippen molar-refractivity contribution in [2.45, 2.75) is 19.4 Å². The first kappa shape index (κ1) is 18.7. The molecule has 0 aliphatic carbocycles. The molecule has 1 aromatic carbocycles. The summed E-state index contributed by atoms with van der Waals surface area (Å²) in [6, 6.07) is 6.33. The van der Waals surface area contributed by atoms with Crippen LogP contribution in [0.4, 0.5) is 4.39 Å². The minimum absolute atomic E-state index is 0.248. The number of sulfonamides is 1. The summed E-state index contributed by atoms with van der Waals surface area (Å²) in [6.45, 7) is 2.47.